The topological polar surface area (TPSA) is 64.4 Å². The van der Waals surface area contributed by atoms with Crippen LogP contribution in [0.15, 0.2) is 18.2 Å². The lowest BCUT2D eigenvalue weighted by Crippen LogP contribution is -2.35. The first-order chi connectivity index (χ1) is 8.08. The summed E-state index contributed by atoms with van der Waals surface area (Å²) in [6.45, 7) is 1.95. The minimum Gasteiger partial charge on any atom is -0.494 e. The predicted molar refractivity (Wildman–Crippen MR) is 71.7 cm³/mol. The number of rotatable bonds is 5. The Morgan fingerprint density at radius 3 is 2.78 bits per heavy atom. The van der Waals surface area contributed by atoms with Crippen molar-refractivity contribution in [3.63, 3.8) is 0 Å². The van der Waals surface area contributed by atoms with Crippen molar-refractivity contribution < 1.29 is 13.9 Å². The minimum atomic E-state index is -0.560. The van der Waals surface area contributed by atoms with Crippen molar-refractivity contribution >= 4 is 24.0 Å². The molecule has 3 N–H and O–H groups in total. The Morgan fingerprint density at radius 2 is 2.22 bits per heavy atom. The van der Waals surface area contributed by atoms with Gasteiger partial charge in [0.05, 0.1) is 18.8 Å². The number of ether oxygens (including phenoxy) is 1. The Bertz CT molecular complexity index is 402. The summed E-state index contributed by atoms with van der Waals surface area (Å²) in [5.74, 6) is -0.434. The van der Waals surface area contributed by atoms with Crippen molar-refractivity contribution in [2.24, 2.45) is 5.73 Å². The molecule has 0 heterocycles. The van der Waals surface area contributed by atoms with Crippen LogP contribution in [0, 0.1) is 5.82 Å². The third-order valence-electron chi connectivity index (χ3n) is 2.36. The zero-order chi connectivity index (χ0) is 12.8. The van der Waals surface area contributed by atoms with Crippen molar-refractivity contribution in [3.8, 4) is 5.75 Å². The molecule has 1 atom stereocenters. The van der Waals surface area contributed by atoms with Crippen molar-refractivity contribution in [1.82, 2.24) is 0 Å². The Kier molecular flexibility index (Phi) is 7.31. The molecule has 0 fully saturated rings. The zero-order valence-corrected chi connectivity index (χ0v) is 11.2. The highest BCUT2D eigenvalue weighted by Crippen LogP contribution is 2.25. The van der Waals surface area contributed by atoms with Gasteiger partial charge >= 0.3 is 0 Å². The number of carbonyl (C=O) groups is 1. The summed E-state index contributed by atoms with van der Waals surface area (Å²) in [7, 11) is 1.41. The molecule has 1 rings (SSSR count). The molecule has 1 amide bonds. The Morgan fingerprint density at radius 1 is 1.56 bits per heavy atom. The number of methoxy groups -OCH3 is 1. The maximum atomic E-state index is 12.9. The van der Waals surface area contributed by atoms with E-state index in [9.17, 15) is 9.18 Å². The van der Waals surface area contributed by atoms with Crippen LogP contribution in [-0.2, 0) is 4.79 Å². The largest absolute Gasteiger partial charge is 0.494 e. The highest BCUT2D eigenvalue weighted by Gasteiger charge is 2.14. The summed E-state index contributed by atoms with van der Waals surface area (Å²) in [5, 5.41) is 2.62. The molecular weight excluding hydrogens is 259 g/mol. The lowest BCUT2D eigenvalue weighted by Gasteiger charge is -2.13. The summed E-state index contributed by atoms with van der Waals surface area (Å²) in [5.41, 5.74) is 6.09. The molecule has 1 aromatic rings. The molecule has 0 spiro atoms. The summed E-state index contributed by atoms with van der Waals surface area (Å²) < 4.78 is 17.9. The van der Waals surface area contributed by atoms with E-state index in [4.69, 9.17) is 10.5 Å². The molecule has 0 saturated carbocycles. The Balaban J connectivity index is 0.00000289. The van der Waals surface area contributed by atoms with E-state index in [1.165, 1.54) is 25.3 Å². The molecule has 1 aromatic carbocycles. The monoisotopic (exact) mass is 276 g/mol. The number of amides is 1. The Labute approximate surface area is 112 Å². The first-order valence-electron chi connectivity index (χ1n) is 5.48. The number of nitrogens with two attached hydrogens (primary N) is 1. The van der Waals surface area contributed by atoms with Crippen molar-refractivity contribution in [2.45, 2.75) is 25.8 Å². The van der Waals surface area contributed by atoms with Gasteiger partial charge in [-0.1, -0.05) is 13.3 Å². The van der Waals surface area contributed by atoms with Crippen LogP contribution in [0.1, 0.15) is 19.8 Å². The van der Waals surface area contributed by atoms with Crippen LogP contribution in [0.4, 0.5) is 10.1 Å². The van der Waals surface area contributed by atoms with Crippen LogP contribution in [0.3, 0.4) is 0 Å². The van der Waals surface area contributed by atoms with Crippen LogP contribution >= 0.6 is 12.4 Å². The molecule has 6 heteroatoms. The normalized spacial score (nSPS) is 11.3. The third kappa shape index (κ3) is 4.50. The SMILES string of the molecule is CCCC(N)C(=O)Nc1ccc(F)cc1OC.Cl. The number of anilines is 1. The van der Waals surface area contributed by atoms with Crippen LogP contribution in [-0.4, -0.2) is 19.1 Å². The van der Waals surface area contributed by atoms with E-state index >= 15 is 0 Å². The van der Waals surface area contributed by atoms with E-state index in [-0.39, 0.29) is 24.1 Å². The van der Waals surface area contributed by atoms with Crippen molar-refractivity contribution in [3.05, 3.63) is 24.0 Å². The quantitative estimate of drug-likeness (QED) is 0.867. The number of benzene rings is 1. The van der Waals surface area contributed by atoms with Gasteiger partial charge in [0, 0.05) is 6.07 Å². The second-order valence-electron chi connectivity index (χ2n) is 3.73. The van der Waals surface area contributed by atoms with Crippen LogP contribution in [0.2, 0.25) is 0 Å². The second kappa shape index (κ2) is 7.89. The van der Waals surface area contributed by atoms with Gasteiger partial charge in [-0.15, -0.1) is 12.4 Å². The van der Waals surface area contributed by atoms with E-state index in [0.29, 0.717) is 12.1 Å². The average molecular weight is 277 g/mol. The molecule has 102 valence electrons. The molecule has 4 nitrogen and oxygen atoms in total. The molecule has 0 aliphatic carbocycles. The van der Waals surface area contributed by atoms with E-state index in [1.807, 2.05) is 6.92 Å². The van der Waals surface area contributed by atoms with Gasteiger partial charge in [0.25, 0.3) is 0 Å². The lowest BCUT2D eigenvalue weighted by molar-refractivity contribution is -0.117. The van der Waals surface area contributed by atoms with E-state index in [1.54, 1.807) is 0 Å². The van der Waals surface area contributed by atoms with Gasteiger partial charge < -0.3 is 15.8 Å². The smallest absolute Gasteiger partial charge is 0.241 e. The predicted octanol–water partition coefficient (Wildman–Crippen LogP) is 2.32. The summed E-state index contributed by atoms with van der Waals surface area (Å²) in [4.78, 5) is 11.7. The van der Waals surface area contributed by atoms with Gasteiger partial charge in [-0.05, 0) is 18.6 Å². The van der Waals surface area contributed by atoms with E-state index in [2.05, 4.69) is 5.32 Å². The number of carbonyl (C=O) groups excluding carboxylic acids is 1. The van der Waals surface area contributed by atoms with Gasteiger partial charge in [0.2, 0.25) is 5.91 Å². The van der Waals surface area contributed by atoms with Crippen LogP contribution in [0.25, 0.3) is 0 Å². The second-order valence-corrected chi connectivity index (χ2v) is 3.73. The number of halogens is 2. The van der Waals surface area contributed by atoms with Crippen LogP contribution in [0.5, 0.6) is 5.75 Å². The first kappa shape index (κ1) is 16.7. The molecule has 1 unspecified atom stereocenters. The Hall–Kier alpha value is -1.33. The standard InChI is InChI=1S/C12H17FN2O2.ClH/c1-3-4-9(14)12(16)15-10-6-5-8(13)7-11(10)17-2;/h5-7,9H,3-4,14H2,1-2H3,(H,15,16);1H. The molecule has 0 radical (unpaired) electrons. The van der Waals surface area contributed by atoms with Crippen LogP contribution < -0.4 is 15.8 Å². The average Bonchev–Trinajstić information content (AvgIpc) is 2.31. The molecule has 0 bridgehead atoms. The van der Waals surface area contributed by atoms with E-state index in [0.717, 1.165) is 6.42 Å². The minimum absolute atomic E-state index is 0. The highest BCUT2D eigenvalue weighted by molar-refractivity contribution is 5.95. The van der Waals surface area contributed by atoms with Gasteiger partial charge in [0.1, 0.15) is 11.6 Å². The zero-order valence-electron chi connectivity index (χ0n) is 10.4. The molecule has 0 saturated heterocycles. The fraction of sp³-hybridized carbons (Fsp3) is 0.417. The van der Waals surface area contributed by atoms with Gasteiger partial charge in [-0.25, -0.2) is 4.39 Å². The van der Waals surface area contributed by atoms with Gasteiger partial charge in [-0.2, -0.15) is 0 Å². The number of hydrogen-bond acceptors (Lipinski definition) is 3. The van der Waals surface area contributed by atoms with Gasteiger partial charge in [0.15, 0.2) is 0 Å². The molecular formula is C12H18ClFN2O2. The van der Waals surface area contributed by atoms with E-state index < -0.39 is 11.9 Å². The van der Waals surface area contributed by atoms with Gasteiger partial charge in [-0.3, -0.25) is 4.79 Å². The van der Waals surface area contributed by atoms with Crippen molar-refractivity contribution in [2.75, 3.05) is 12.4 Å². The highest BCUT2D eigenvalue weighted by atomic mass is 35.5. The molecule has 0 aliphatic rings. The summed E-state index contributed by atoms with van der Waals surface area (Å²) in [6, 6.07) is 3.35. The lowest BCUT2D eigenvalue weighted by atomic mass is 10.1. The fourth-order valence-electron chi connectivity index (χ4n) is 1.44. The summed E-state index contributed by atoms with van der Waals surface area (Å²) >= 11 is 0. The fourth-order valence-corrected chi connectivity index (χ4v) is 1.44. The molecule has 0 aromatic heterocycles. The third-order valence-corrected chi connectivity index (χ3v) is 2.36. The molecule has 18 heavy (non-hydrogen) atoms. The first-order valence-corrected chi connectivity index (χ1v) is 5.48. The number of hydrogen-bond donors (Lipinski definition) is 2. The maximum absolute atomic E-state index is 12.9. The maximum Gasteiger partial charge on any atom is 0.241 e. The summed E-state index contributed by atoms with van der Waals surface area (Å²) in [6.07, 6.45) is 1.44. The number of nitrogens with one attached hydrogen (secondary N) is 1. The van der Waals surface area contributed by atoms with Crippen molar-refractivity contribution in [1.29, 1.82) is 0 Å². The molecule has 0 aliphatic heterocycles.